The predicted octanol–water partition coefficient (Wildman–Crippen LogP) is 4.37. The van der Waals surface area contributed by atoms with Crippen molar-refractivity contribution in [3.63, 3.8) is 0 Å². The summed E-state index contributed by atoms with van der Waals surface area (Å²) in [5.74, 6) is 1.49. The molecule has 0 heterocycles. The van der Waals surface area contributed by atoms with Gasteiger partial charge in [-0.2, -0.15) is 0 Å². The molecule has 3 heteroatoms. The van der Waals surface area contributed by atoms with E-state index in [-0.39, 0.29) is 0 Å². The lowest BCUT2D eigenvalue weighted by Crippen LogP contribution is -2.37. The number of ether oxygens (including phenoxy) is 1. The number of hydrogen-bond donors (Lipinski definition) is 1. The second-order valence-electron chi connectivity index (χ2n) is 5.34. The first-order valence-electron chi connectivity index (χ1n) is 7.33. The van der Waals surface area contributed by atoms with Crippen molar-refractivity contribution in [2.45, 2.75) is 51.0 Å². The average Bonchev–Trinajstić information content (AvgIpc) is 2.45. The summed E-state index contributed by atoms with van der Waals surface area (Å²) in [6, 6.07) is 6.53. The molecule has 0 amide bonds. The predicted molar refractivity (Wildman–Crippen MR) is 81.3 cm³/mol. The van der Waals surface area contributed by atoms with Gasteiger partial charge in [-0.25, -0.2) is 0 Å². The summed E-state index contributed by atoms with van der Waals surface area (Å²) in [5, 5.41) is 4.49. The van der Waals surface area contributed by atoms with Crippen LogP contribution in [0.25, 0.3) is 0 Å². The highest BCUT2D eigenvalue weighted by atomic mass is 35.5. The molecule has 106 valence electrons. The first-order valence-corrected chi connectivity index (χ1v) is 7.71. The van der Waals surface area contributed by atoms with Crippen molar-refractivity contribution in [2.75, 3.05) is 13.7 Å². The Morgan fingerprint density at radius 2 is 2.11 bits per heavy atom. The highest BCUT2D eigenvalue weighted by Crippen LogP contribution is 2.38. The molecule has 0 spiro atoms. The van der Waals surface area contributed by atoms with Crippen LogP contribution in [0, 0.1) is 0 Å². The molecule has 1 saturated carbocycles. The van der Waals surface area contributed by atoms with E-state index in [0.717, 1.165) is 17.3 Å². The maximum Gasteiger partial charge on any atom is 0.122 e. The van der Waals surface area contributed by atoms with Gasteiger partial charge < -0.3 is 10.1 Å². The Bertz CT molecular complexity index is 408. The number of methoxy groups -OCH3 is 1. The summed E-state index contributed by atoms with van der Waals surface area (Å²) in [4.78, 5) is 0. The van der Waals surface area contributed by atoms with Crippen LogP contribution in [0.4, 0.5) is 0 Å². The van der Waals surface area contributed by atoms with Crippen LogP contribution >= 0.6 is 11.6 Å². The van der Waals surface area contributed by atoms with Gasteiger partial charge in [0.25, 0.3) is 0 Å². The van der Waals surface area contributed by atoms with Crippen molar-refractivity contribution in [1.29, 1.82) is 0 Å². The van der Waals surface area contributed by atoms with Gasteiger partial charge in [0, 0.05) is 22.5 Å². The largest absolute Gasteiger partial charge is 0.496 e. The third kappa shape index (κ3) is 3.64. The molecule has 1 aromatic rings. The average molecular weight is 282 g/mol. The monoisotopic (exact) mass is 281 g/mol. The fourth-order valence-corrected chi connectivity index (χ4v) is 3.25. The van der Waals surface area contributed by atoms with Gasteiger partial charge in [-0.1, -0.05) is 31.4 Å². The molecule has 0 aromatic heterocycles. The van der Waals surface area contributed by atoms with Gasteiger partial charge in [-0.05, 0) is 44.0 Å². The minimum absolute atomic E-state index is 0.522. The van der Waals surface area contributed by atoms with E-state index in [1.807, 2.05) is 12.1 Å². The molecule has 1 N–H and O–H groups in total. The number of hydrogen-bond acceptors (Lipinski definition) is 2. The minimum atomic E-state index is 0.522. The molecule has 2 nitrogen and oxygen atoms in total. The van der Waals surface area contributed by atoms with E-state index in [0.29, 0.717) is 12.0 Å². The molecule has 1 fully saturated rings. The number of benzene rings is 1. The SMILES string of the molecule is CCCNC1CCCCC1c1cc(Cl)ccc1OC. The topological polar surface area (TPSA) is 21.3 Å². The molecule has 2 atom stereocenters. The highest BCUT2D eigenvalue weighted by molar-refractivity contribution is 6.30. The zero-order valence-electron chi connectivity index (χ0n) is 11.9. The van der Waals surface area contributed by atoms with E-state index < -0.39 is 0 Å². The molecule has 1 aliphatic carbocycles. The van der Waals surface area contributed by atoms with Crippen LogP contribution < -0.4 is 10.1 Å². The normalized spacial score (nSPS) is 23.3. The first kappa shape index (κ1) is 14.7. The zero-order valence-corrected chi connectivity index (χ0v) is 12.7. The van der Waals surface area contributed by atoms with Crippen molar-refractivity contribution in [3.8, 4) is 5.75 Å². The van der Waals surface area contributed by atoms with Gasteiger partial charge >= 0.3 is 0 Å². The van der Waals surface area contributed by atoms with Gasteiger partial charge in [0.1, 0.15) is 5.75 Å². The fourth-order valence-electron chi connectivity index (χ4n) is 3.07. The summed E-state index contributed by atoms with van der Waals surface area (Å²) in [5.41, 5.74) is 1.27. The third-order valence-corrected chi connectivity index (χ3v) is 4.25. The molecule has 0 radical (unpaired) electrons. The Kier molecular flexibility index (Phi) is 5.53. The fraction of sp³-hybridized carbons (Fsp3) is 0.625. The molecule has 2 unspecified atom stereocenters. The van der Waals surface area contributed by atoms with E-state index in [9.17, 15) is 0 Å². The van der Waals surface area contributed by atoms with E-state index in [1.54, 1.807) is 7.11 Å². The maximum absolute atomic E-state index is 6.17. The highest BCUT2D eigenvalue weighted by Gasteiger charge is 2.28. The standard InChI is InChI=1S/C16H24ClNO/c1-3-10-18-15-7-5-4-6-13(15)14-11-12(17)8-9-16(14)19-2/h8-9,11,13,15,18H,3-7,10H2,1-2H3. The van der Waals surface area contributed by atoms with E-state index in [4.69, 9.17) is 16.3 Å². The summed E-state index contributed by atoms with van der Waals surface area (Å²) in [6.45, 7) is 3.30. The van der Waals surface area contributed by atoms with Gasteiger partial charge in [-0.3, -0.25) is 0 Å². The van der Waals surface area contributed by atoms with Gasteiger partial charge in [-0.15, -0.1) is 0 Å². The van der Waals surface area contributed by atoms with Crippen molar-refractivity contribution in [1.82, 2.24) is 5.32 Å². The Morgan fingerprint density at radius 1 is 1.32 bits per heavy atom. The van der Waals surface area contributed by atoms with Gasteiger partial charge in [0.2, 0.25) is 0 Å². The molecule has 1 aliphatic rings. The smallest absolute Gasteiger partial charge is 0.122 e. The van der Waals surface area contributed by atoms with Crippen LogP contribution in [-0.4, -0.2) is 19.7 Å². The van der Waals surface area contributed by atoms with Crippen LogP contribution in [-0.2, 0) is 0 Å². The quantitative estimate of drug-likeness (QED) is 0.865. The van der Waals surface area contributed by atoms with Gasteiger partial charge in [0.05, 0.1) is 7.11 Å². The number of rotatable bonds is 5. The van der Waals surface area contributed by atoms with Crippen molar-refractivity contribution >= 4 is 11.6 Å². The number of halogens is 1. The van der Waals surface area contributed by atoms with Crippen molar-refractivity contribution in [2.24, 2.45) is 0 Å². The summed E-state index contributed by atoms with van der Waals surface area (Å²) >= 11 is 6.17. The molecule has 19 heavy (non-hydrogen) atoms. The first-order chi connectivity index (χ1) is 9.26. The van der Waals surface area contributed by atoms with Gasteiger partial charge in [0.15, 0.2) is 0 Å². The number of nitrogens with one attached hydrogen (secondary N) is 1. The van der Waals surface area contributed by atoms with Crippen molar-refractivity contribution < 1.29 is 4.74 Å². The van der Waals surface area contributed by atoms with Crippen LogP contribution in [0.5, 0.6) is 5.75 Å². The second-order valence-corrected chi connectivity index (χ2v) is 5.77. The second kappa shape index (κ2) is 7.16. The lowest BCUT2D eigenvalue weighted by molar-refractivity contribution is 0.317. The Balaban J connectivity index is 2.23. The van der Waals surface area contributed by atoms with Crippen LogP contribution in [0.15, 0.2) is 18.2 Å². The summed E-state index contributed by atoms with van der Waals surface area (Å²) < 4.78 is 5.52. The molecule has 1 aromatic carbocycles. The lowest BCUT2D eigenvalue weighted by Gasteiger charge is -2.33. The van der Waals surface area contributed by atoms with Crippen molar-refractivity contribution in [3.05, 3.63) is 28.8 Å². The molecule has 0 aliphatic heterocycles. The molecule has 0 bridgehead atoms. The summed E-state index contributed by atoms with van der Waals surface area (Å²) in [7, 11) is 1.74. The Hall–Kier alpha value is -0.730. The molecule has 2 rings (SSSR count). The Morgan fingerprint density at radius 3 is 2.84 bits per heavy atom. The van der Waals surface area contributed by atoms with Crippen LogP contribution in [0.3, 0.4) is 0 Å². The van der Waals surface area contributed by atoms with Crippen LogP contribution in [0.1, 0.15) is 50.5 Å². The third-order valence-electron chi connectivity index (χ3n) is 4.01. The minimum Gasteiger partial charge on any atom is -0.496 e. The van der Waals surface area contributed by atoms with E-state index in [2.05, 4.69) is 18.3 Å². The van der Waals surface area contributed by atoms with E-state index >= 15 is 0 Å². The maximum atomic E-state index is 6.17. The molecule has 0 saturated heterocycles. The van der Waals surface area contributed by atoms with E-state index in [1.165, 1.54) is 37.7 Å². The van der Waals surface area contributed by atoms with Crippen LogP contribution in [0.2, 0.25) is 5.02 Å². The zero-order chi connectivity index (χ0) is 13.7. The molecular weight excluding hydrogens is 258 g/mol. The summed E-state index contributed by atoms with van der Waals surface area (Å²) in [6.07, 6.45) is 6.26. The lowest BCUT2D eigenvalue weighted by atomic mass is 9.79. The Labute approximate surface area is 121 Å². The molecular formula is C16H24ClNO.